The van der Waals surface area contributed by atoms with Crippen molar-refractivity contribution in [1.82, 2.24) is 20.5 Å². The van der Waals surface area contributed by atoms with Crippen LogP contribution in [0.5, 0.6) is 0 Å². The van der Waals surface area contributed by atoms with Crippen LogP contribution in [-0.4, -0.2) is 71.1 Å². The van der Waals surface area contributed by atoms with Gasteiger partial charge in [0.1, 0.15) is 16.4 Å². The predicted octanol–water partition coefficient (Wildman–Crippen LogP) is 1.89. The number of ketones is 1. The fraction of sp³-hybridized carbons (Fsp3) is 0.600. The van der Waals surface area contributed by atoms with E-state index in [1.54, 1.807) is 6.20 Å². The van der Waals surface area contributed by atoms with E-state index in [-0.39, 0.29) is 29.4 Å². The van der Waals surface area contributed by atoms with E-state index in [9.17, 15) is 9.59 Å². The van der Waals surface area contributed by atoms with Gasteiger partial charge >= 0.3 is 6.09 Å². The van der Waals surface area contributed by atoms with Crippen LogP contribution in [0, 0.1) is 6.92 Å². The molecule has 1 amide bonds. The van der Waals surface area contributed by atoms with Crippen molar-refractivity contribution in [3.05, 3.63) is 23.9 Å². The van der Waals surface area contributed by atoms with Crippen LogP contribution in [0.2, 0.25) is 0 Å². The largest absolute Gasteiger partial charge is 0.444 e. The summed E-state index contributed by atoms with van der Waals surface area (Å²) in [5.74, 6) is 0.396. The van der Waals surface area contributed by atoms with Gasteiger partial charge in [-0.1, -0.05) is 18.3 Å². The molecule has 1 aliphatic rings. The number of anilines is 1. The van der Waals surface area contributed by atoms with Crippen molar-refractivity contribution in [1.29, 1.82) is 0 Å². The van der Waals surface area contributed by atoms with Gasteiger partial charge in [0.2, 0.25) is 5.78 Å². The summed E-state index contributed by atoms with van der Waals surface area (Å²) in [7, 11) is 1.99. The maximum absolute atomic E-state index is 12.4. The van der Waals surface area contributed by atoms with E-state index < -0.39 is 11.7 Å². The molecule has 8 nitrogen and oxygen atoms in total. The number of likely N-dealkylation sites (N-methyl/N-ethyl adjacent to an activating group) is 1. The summed E-state index contributed by atoms with van der Waals surface area (Å²) in [5.41, 5.74) is 0.471. The standard InChI is InChI=1S/C20H31N5O3S/c1-13-6-7-17(21-10-13)22-11-16(26)18(29)23-14-8-9-25(5)12-15(14)24-19(27)28-20(2,3)4/h6-7,10,14-15H,8-9,11-12H2,1-5H3,(H,21,22)(H,23,29)(H,24,27)/t14-,15+/m0/s1. The lowest BCUT2D eigenvalue weighted by Gasteiger charge is -2.38. The zero-order chi connectivity index (χ0) is 21.6. The molecule has 0 unspecified atom stereocenters. The third kappa shape index (κ3) is 7.94. The number of ether oxygens (including phenoxy) is 1. The first-order valence-electron chi connectivity index (χ1n) is 9.72. The number of nitrogens with zero attached hydrogens (tertiary/aromatic N) is 2. The fourth-order valence-corrected chi connectivity index (χ4v) is 3.19. The molecular formula is C20H31N5O3S. The number of alkyl carbamates (subject to hydrolysis) is 1. The first kappa shape index (κ1) is 23.0. The lowest BCUT2D eigenvalue weighted by atomic mass is 9.99. The molecule has 2 atom stereocenters. The molecule has 2 rings (SSSR count). The Kier molecular flexibility index (Phi) is 7.92. The van der Waals surface area contributed by atoms with Crippen LogP contribution in [0.4, 0.5) is 10.6 Å². The van der Waals surface area contributed by atoms with E-state index in [4.69, 9.17) is 17.0 Å². The maximum Gasteiger partial charge on any atom is 0.407 e. The first-order valence-corrected chi connectivity index (χ1v) is 10.1. The summed E-state index contributed by atoms with van der Waals surface area (Å²) in [6, 6.07) is 3.37. The molecule has 3 N–H and O–H groups in total. The molecule has 1 aromatic rings. The quantitative estimate of drug-likeness (QED) is 0.600. The number of aryl methyl sites for hydroxylation is 1. The lowest BCUT2D eigenvalue weighted by Crippen LogP contribution is -2.60. The number of rotatable bonds is 6. The van der Waals surface area contributed by atoms with Gasteiger partial charge in [0.25, 0.3) is 0 Å². The van der Waals surface area contributed by atoms with Crippen molar-refractivity contribution in [2.45, 2.75) is 51.8 Å². The number of nitrogens with one attached hydrogen (secondary N) is 3. The van der Waals surface area contributed by atoms with Gasteiger partial charge in [0.15, 0.2) is 0 Å². The summed E-state index contributed by atoms with van der Waals surface area (Å²) >= 11 is 5.30. The van der Waals surface area contributed by atoms with Gasteiger partial charge in [0, 0.05) is 18.8 Å². The minimum absolute atomic E-state index is 0.0542. The molecule has 1 aromatic heterocycles. The lowest BCUT2D eigenvalue weighted by molar-refractivity contribution is -0.111. The van der Waals surface area contributed by atoms with Crippen LogP contribution < -0.4 is 16.0 Å². The Morgan fingerprint density at radius 2 is 2.00 bits per heavy atom. The number of Topliss-reactive ketones (excluding diaryl/α,β-unsaturated/α-hetero) is 1. The number of hydrogen-bond donors (Lipinski definition) is 3. The van der Waals surface area contributed by atoms with E-state index in [1.807, 2.05) is 46.9 Å². The van der Waals surface area contributed by atoms with Crippen LogP contribution in [0.3, 0.4) is 0 Å². The smallest absolute Gasteiger partial charge is 0.407 e. The van der Waals surface area contributed by atoms with Crippen LogP contribution in [0.15, 0.2) is 18.3 Å². The van der Waals surface area contributed by atoms with Crippen LogP contribution in [0.1, 0.15) is 32.8 Å². The third-order valence-electron chi connectivity index (χ3n) is 4.43. The van der Waals surface area contributed by atoms with Crippen LogP contribution >= 0.6 is 12.2 Å². The number of carbonyl (C=O) groups excluding carboxylic acids is 2. The van der Waals surface area contributed by atoms with Crippen LogP contribution in [-0.2, 0) is 9.53 Å². The van der Waals surface area contributed by atoms with Crippen molar-refractivity contribution in [2.24, 2.45) is 0 Å². The van der Waals surface area contributed by atoms with Gasteiger partial charge in [-0.2, -0.15) is 0 Å². The molecule has 1 saturated heterocycles. The van der Waals surface area contributed by atoms with Crippen molar-refractivity contribution >= 4 is 34.9 Å². The Morgan fingerprint density at radius 3 is 2.62 bits per heavy atom. The fourth-order valence-electron chi connectivity index (χ4n) is 2.97. The Morgan fingerprint density at radius 1 is 1.28 bits per heavy atom. The third-order valence-corrected chi connectivity index (χ3v) is 4.77. The van der Waals surface area contributed by atoms with Crippen LogP contribution in [0.25, 0.3) is 0 Å². The number of likely N-dealkylation sites (tertiary alicyclic amines) is 1. The van der Waals surface area contributed by atoms with Gasteiger partial charge in [-0.25, -0.2) is 9.78 Å². The molecule has 1 fully saturated rings. The number of piperidine rings is 1. The van der Waals surface area contributed by atoms with Gasteiger partial charge in [0.05, 0.1) is 12.6 Å². The molecule has 0 aliphatic carbocycles. The number of hydrogen-bond acceptors (Lipinski definition) is 7. The number of thiocarbonyl (C=S) groups is 1. The second kappa shape index (κ2) is 9.98. The number of amides is 1. The summed E-state index contributed by atoms with van der Waals surface area (Å²) in [6.45, 7) is 8.94. The molecular weight excluding hydrogens is 390 g/mol. The highest BCUT2D eigenvalue weighted by molar-refractivity contribution is 7.82. The number of carbonyl (C=O) groups is 2. The second-order valence-corrected chi connectivity index (χ2v) is 8.79. The summed E-state index contributed by atoms with van der Waals surface area (Å²) < 4.78 is 5.36. The molecule has 160 valence electrons. The highest BCUT2D eigenvalue weighted by Gasteiger charge is 2.31. The molecule has 1 aliphatic heterocycles. The molecule has 0 radical (unpaired) electrons. The number of aromatic nitrogens is 1. The normalized spacial score (nSPS) is 19.9. The average molecular weight is 422 g/mol. The monoisotopic (exact) mass is 421 g/mol. The molecule has 0 aromatic carbocycles. The second-order valence-electron chi connectivity index (χ2n) is 8.38. The zero-order valence-electron chi connectivity index (χ0n) is 17.7. The molecule has 2 heterocycles. The van der Waals surface area contributed by atoms with Gasteiger partial charge in [-0.05, 0) is 59.3 Å². The van der Waals surface area contributed by atoms with E-state index in [0.29, 0.717) is 12.4 Å². The van der Waals surface area contributed by atoms with E-state index >= 15 is 0 Å². The summed E-state index contributed by atoms with van der Waals surface area (Å²) in [6.07, 6.45) is 2.00. The molecule has 0 spiro atoms. The zero-order valence-corrected chi connectivity index (χ0v) is 18.6. The van der Waals surface area contributed by atoms with Gasteiger partial charge in [-0.15, -0.1) is 0 Å². The molecule has 0 saturated carbocycles. The maximum atomic E-state index is 12.4. The Hall–Kier alpha value is -2.26. The molecule has 0 bridgehead atoms. The van der Waals surface area contributed by atoms with Gasteiger partial charge in [-0.3, -0.25) is 4.79 Å². The minimum atomic E-state index is -0.575. The Balaban J connectivity index is 1.90. The SMILES string of the molecule is Cc1ccc(NCC(=O)C(=S)N[C@H]2CCN(C)C[C@H]2NC(=O)OC(C)(C)C)nc1. The van der Waals surface area contributed by atoms with Crippen molar-refractivity contribution in [3.8, 4) is 0 Å². The highest BCUT2D eigenvalue weighted by atomic mass is 32.1. The Labute approximate surface area is 177 Å². The molecule has 29 heavy (non-hydrogen) atoms. The average Bonchev–Trinajstić information content (AvgIpc) is 2.61. The predicted molar refractivity (Wildman–Crippen MR) is 117 cm³/mol. The van der Waals surface area contributed by atoms with Crippen molar-refractivity contribution < 1.29 is 14.3 Å². The first-order chi connectivity index (χ1) is 13.5. The van der Waals surface area contributed by atoms with E-state index in [1.165, 1.54) is 0 Å². The van der Waals surface area contributed by atoms with E-state index in [2.05, 4.69) is 25.8 Å². The summed E-state index contributed by atoms with van der Waals surface area (Å²) in [5, 5.41) is 9.01. The topological polar surface area (TPSA) is 95.6 Å². The van der Waals surface area contributed by atoms with Gasteiger partial charge < -0.3 is 25.6 Å². The Bertz CT molecular complexity index is 733. The summed E-state index contributed by atoms with van der Waals surface area (Å²) in [4.78, 5) is 31.1. The van der Waals surface area contributed by atoms with E-state index in [0.717, 1.165) is 18.5 Å². The number of pyridine rings is 1. The highest BCUT2D eigenvalue weighted by Crippen LogP contribution is 2.12. The minimum Gasteiger partial charge on any atom is -0.444 e. The molecule has 9 heteroatoms. The van der Waals surface area contributed by atoms with Crippen molar-refractivity contribution in [2.75, 3.05) is 32.0 Å². The van der Waals surface area contributed by atoms with Crippen molar-refractivity contribution in [3.63, 3.8) is 0 Å².